The highest BCUT2D eigenvalue weighted by molar-refractivity contribution is 5.31. The summed E-state index contributed by atoms with van der Waals surface area (Å²) in [6.45, 7) is 4.28. The number of ether oxygens (including phenoxy) is 1. The summed E-state index contributed by atoms with van der Waals surface area (Å²) in [4.78, 5) is 0. The Morgan fingerprint density at radius 3 is 2.38 bits per heavy atom. The lowest BCUT2D eigenvalue weighted by molar-refractivity contribution is 0.0874. The molecule has 0 heterocycles. The molecule has 0 fully saturated rings. The predicted octanol–water partition coefficient (Wildman–Crippen LogP) is 2.15. The van der Waals surface area contributed by atoms with Crippen molar-refractivity contribution in [2.45, 2.75) is 32.1 Å². The number of phenols is 1. The summed E-state index contributed by atoms with van der Waals surface area (Å²) in [7, 11) is 0. The van der Waals surface area contributed by atoms with Gasteiger partial charge >= 0.3 is 0 Å². The van der Waals surface area contributed by atoms with Gasteiger partial charge in [-0.25, -0.2) is 0 Å². The van der Waals surface area contributed by atoms with Gasteiger partial charge in [-0.05, 0) is 43.2 Å². The van der Waals surface area contributed by atoms with E-state index in [1.165, 1.54) is 12.1 Å². The maximum atomic E-state index is 10.3. The highest BCUT2D eigenvalue weighted by Gasteiger charge is 2.17. The Hall–Kier alpha value is -2.08. The second-order valence-electron chi connectivity index (χ2n) is 5.96. The van der Waals surface area contributed by atoms with Crippen LogP contribution < -0.4 is 10.1 Å². The molecule has 2 aromatic carbocycles. The lowest BCUT2D eigenvalue weighted by Crippen LogP contribution is -2.39. The fourth-order valence-corrected chi connectivity index (χ4v) is 2.36. The number of hydrogen-bond acceptors (Lipinski definition) is 5. The van der Waals surface area contributed by atoms with E-state index in [2.05, 4.69) is 5.32 Å². The third-order valence-electron chi connectivity index (χ3n) is 3.91. The Bertz CT molecular complexity index is 630. The van der Waals surface area contributed by atoms with Crippen LogP contribution in [0, 0.1) is 6.92 Å². The molecule has 4 N–H and O–H groups in total. The first-order valence-electron chi connectivity index (χ1n) is 8.04. The summed E-state index contributed by atoms with van der Waals surface area (Å²) < 4.78 is 5.61. The van der Waals surface area contributed by atoms with Crippen LogP contribution in [0.2, 0.25) is 0 Å². The van der Waals surface area contributed by atoms with Gasteiger partial charge in [-0.15, -0.1) is 0 Å². The van der Waals surface area contributed by atoms with Crippen molar-refractivity contribution < 1.29 is 20.1 Å². The quantitative estimate of drug-likeness (QED) is 0.596. The van der Waals surface area contributed by atoms with Crippen LogP contribution in [-0.4, -0.2) is 40.6 Å². The largest absolute Gasteiger partial charge is 0.508 e. The number of aryl methyl sites for hydroxylation is 1. The topological polar surface area (TPSA) is 82.0 Å². The van der Waals surface area contributed by atoms with Gasteiger partial charge in [0.05, 0.1) is 6.10 Å². The van der Waals surface area contributed by atoms with Crippen LogP contribution in [0.4, 0.5) is 0 Å². The van der Waals surface area contributed by atoms with Crippen LogP contribution in [-0.2, 0) is 0 Å². The molecule has 2 aromatic rings. The lowest BCUT2D eigenvalue weighted by atomic mass is 10.0. The number of aliphatic hydroxyl groups excluding tert-OH is 2. The van der Waals surface area contributed by atoms with Crippen molar-refractivity contribution in [2.75, 3.05) is 13.2 Å². The van der Waals surface area contributed by atoms with E-state index in [9.17, 15) is 15.3 Å². The fourth-order valence-electron chi connectivity index (χ4n) is 2.36. The molecule has 0 aromatic heterocycles. The predicted molar refractivity (Wildman–Crippen MR) is 93.2 cm³/mol. The molecule has 0 saturated carbocycles. The smallest absolute Gasteiger partial charge is 0.122 e. The Morgan fingerprint density at radius 2 is 1.71 bits per heavy atom. The van der Waals surface area contributed by atoms with Crippen LogP contribution in [0.1, 0.15) is 24.2 Å². The number of para-hydroxylation sites is 1. The van der Waals surface area contributed by atoms with Crippen LogP contribution in [0.5, 0.6) is 11.5 Å². The minimum atomic E-state index is -0.727. The summed E-state index contributed by atoms with van der Waals surface area (Å²) in [5.41, 5.74) is 1.73. The average Bonchev–Trinajstić information content (AvgIpc) is 2.59. The number of benzene rings is 2. The van der Waals surface area contributed by atoms with E-state index in [4.69, 9.17) is 4.74 Å². The number of rotatable bonds is 8. The van der Waals surface area contributed by atoms with Crippen LogP contribution in [0.15, 0.2) is 48.5 Å². The molecule has 0 radical (unpaired) electrons. The van der Waals surface area contributed by atoms with E-state index in [1.807, 2.05) is 38.1 Å². The van der Waals surface area contributed by atoms with Gasteiger partial charge < -0.3 is 25.4 Å². The summed E-state index contributed by atoms with van der Waals surface area (Å²) in [5, 5.41) is 32.7. The molecule has 0 spiro atoms. The fraction of sp³-hybridized carbons (Fsp3) is 0.368. The van der Waals surface area contributed by atoms with E-state index in [-0.39, 0.29) is 18.4 Å². The molecule has 0 bridgehead atoms. The molecule has 130 valence electrons. The summed E-state index contributed by atoms with van der Waals surface area (Å²) in [6.07, 6.45) is -1.41. The van der Waals surface area contributed by atoms with Gasteiger partial charge in [0.2, 0.25) is 0 Å². The molecule has 0 aliphatic carbocycles. The number of phenolic OH excluding ortho intramolecular Hbond substituents is 1. The molecule has 3 atom stereocenters. The van der Waals surface area contributed by atoms with E-state index in [0.717, 1.165) is 11.3 Å². The molecule has 0 aliphatic heterocycles. The average molecular weight is 331 g/mol. The zero-order valence-corrected chi connectivity index (χ0v) is 14.0. The molecule has 0 unspecified atom stereocenters. The zero-order chi connectivity index (χ0) is 17.5. The molecular weight excluding hydrogens is 306 g/mol. The van der Waals surface area contributed by atoms with Gasteiger partial charge in [0.25, 0.3) is 0 Å². The van der Waals surface area contributed by atoms with Gasteiger partial charge in [0, 0.05) is 12.6 Å². The van der Waals surface area contributed by atoms with Crippen molar-refractivity contribution in [1.82, 2.24) is 5.32 Å². The van der Waals surface area contributed by atoms with Crippen LogP contribution in [0.25, 0.3) is 0 Å². The Balaban J connectivity index is 1.77. The minimum absolute atomic E-state index is 0.162. The number of aromatic hydroxyl groups is 1. The van der Waals surface area contributed by atoms with Gasteiger partial charge in [-0.3, -0.25) is 0 Å². The number of hydrogen-bond donors (Lipinski definition) is 4. The first-order chi connectivity index (χ1) is 11.5. The van der Waals surface area contributed by atoms with Gasteiger partial charge in [-0.2, -0.15) is 0 Å². The molecule has 24 heavy (non-hydrogen) atoms. The maximum absolute atomic E-state index is 10.3. The number of nitrogens with one attached hydrogen (secondary N) is 1. The molecule has 0 aliphatic rings. The van der Waals surface area contributed by atoms with Crippen molar-refractivity contribution >= 4 is 0 Å². The summed E-state index contributed by atoms with van der Waals surface area (Å²) >= 11 is 0. The lowest BCUT2D eigenvalue weighted by Gasteiger charge is -2.22. The molecule has 2 rings (SSSR count). The molecule has 5 nitrogen and oxygen atoms in total. The standard InChI is InChI=1S/C19H25NO4/c1-13-5-3-4-6-18(13)24-12-17(22)11-20-14(2)19(23)15-7-9-16(21)10-8-15/h3-10,14,17,19-23H,11-12H2,1-2H3/t14-,17+,19-/m0/s1. The third-order valence-corrected chi connectivity index (χ3v) is 3.91. The number of aliphatic hydroxyl groups is 2. The van der Waals surface area contributed by atoms with Crippen molar-refractivity contribution in [3.63, 3.8) is 0 Å². The van der Waals surface area contributed by atoms with E-state index >= 15 is 0 Å². The van der Waals surface area contributed by atoms with Gasteiger partial charge in [0.1, 0.15) is 24.2 Å². The normalized spacial score (nSPS) is 14.8. The third kappa shape index (κ3) is 5.23. The zero-order valence-electron chi connectivity index (χ0n) is 14.0. The van der Waals surface area contributed by atoms with Crippen LogP contribution >= 0.6 is 0 Å². The van der Waals surface area contributed by atoms with Gasteiger partial charge in [0.15, 0.2) is 0 Å². The van der Waals surface area contributed by atoms with Crippen molar-refractivity contribution in [3.05, 3.63) is 59.7 Å². The maximum Gasteiger partial charge on any atom is 0.122 e. The van der Waals surface area contributed by atoms with Crippen molar-refractivity contribution in [3.8, 4) is 11.5 Å². The second kappa shape index (κ2) is 8.68. The minimum Gasteiger partial charge on any atom is -0.508 e. The Morgan fingerprint density at radius 1 is 1.04 bits per heavy atom. The van der Waals surface area contributed by atoms with Crippen molar-refractivity contribution in [2.24, 2.45) is 0 Å². The summed E-state index contributed by atoms with van der Waals surface area (Å²) in [5.74, 6) is 0.920. The monoisotopic (exact) mass is 331 g/mol. The van der Waals surface area contributed by atoms with Crippen LogP contribution in [0.3, 0.4) is 0 Å². The van der Waals surface area contributed by atoms with E-state index < -0.39 is 12.2 Å². The second-order valence-corrected chi connectivity index (χ2v) is 5.96. The van der Waals surface area contributed by atoms with E-state index in [0.29, 0.717) is 12.1 Å². The Kier molecular flexibility index (Phi) is 6.61. The molecule has 5 heteroatoms. The highest BCUT2D eigenvalue weighted by Crippen LogP contribution is 2.20. The molecular formula is C19H25NO4. The summed E-state index contributed by atoms with van der Waals surface area (Å²) in [6, 6.07) is 13.8. The van der Waals surface area contributed by atoms with Gasteiger partial charge in [-0.1, -0.05) is 30.3 Å². The molecule has 0 saturated heterocycles. The highest BCUT2D eigenvalue weighted by atomic mass is 16.5. The van der Waals surface area contributed by atoms with Crippen molar-refractivity contribution in [1.29, 1.82) is 0 Å². The SMILES string of the molecule is Cc1ccccc1OC[C@H](O)CN[C@@H](C)[C@H](O)c1ccc(O)cc1. The van der Waals surface area contributed by atoms with E-state index in [1.54, 1.807) is 12.1 Å². The Labute approximate surface area is 142 Å². The first-order valence-corrected chi connectivity index (χ1v) is 8.04. The molecule has 0 amide bonds. The first kappa shape index (κ1) is 18.3.